The van der Waals surface area contributed by atoms with Gasteiger partial charge in [0.2, 0.25) is 5.91 Å². The van der Waals surface area contributed by atoms with E-state index in [1.807, 2.05) is 24.3 Å². The second-order valence-electron chi connectivity index (χ2n) is 6.42. The van der Waals surface area contributed by atoms with Crippen molar-refractivity contribution < 1.29 is 17.9 Å². The van der Waals surface area contributed by atoms with E-state index in [4.69, 9.17) is 4.74 Å². The summed E-state index contributed by atoms with van der Waals surface area (Å²) in [6.45, 7) is 0.417. The number of rotatable bonds is 7. The summed E-state index contributed by atoms with van der Waals surface area (Å²) in [6.07, 6.45) is 0.569. The van der Waals surface area contributed by atoms with Gasteiger partial charge in [0.15, 0.2) is 15.0 Å². The fourth-order valence-electron chi connectivity index (χ4n) is 2.97. The van der Waals surface area contributed by atoms with Crippen molar-refractivity contribution >= 4 is 27.5 Å². The molecule has 0 bridgehead atoms. The zero-order valence-corrected chi connectivity index (χ0v) is 16.8. The van der Waals surface area contributed by atoms with Crippen LogP contribution < -0.4 is 10.1 Å². The van der Waals surface area contributed by atoms with Crippen LogP contribution in [0.25, 0.3) is 0 Å². The van der Waals surface area contributed by atoms with Crippen molar-refractivity contribution in [2.45, 2.75) is 24.0 Å². The summed E-state index contributed by atoms with van der Waals surface area (Å²) in [7, 11) is 0.427. The van der Waals surface area contributed by atoms with Gasteiger partial charge in [0.1, 0.15) is 11.6 Å². The summed E-state index contributed by atoms with van der Waals surface area (Å²) < 4.78 is 30.3. The van der Waals surface area contributed by atoms with E-state index in [0.29, 0.717) is 23.9 Å². The third kappa shape index (κ3) is 5.01. The number of nitrogens with zero attached hydrogens (tertiary/aromatic N) is 3. The fraction of sp³-hybridized carbons (Fsp3) is 0.471. The quantitative estimate of drug-likeness (QED) is 0.683. The van der Waals surface area contributed by atoms with Crippen LogP contribution in [0, 0.1) is 0 Å². The van der Waals surface area contributed by atoms with Gasteiger partial charge < -0.3 is 14.6 Å². The highest BCUT2D eigenvalue weighted by Crippen LogP contribution is 2.29. The zero-order valence-electron chi connectivity index (χ0n) is 15.2. The Hall–Kier alpha value is -2.07. The number of ether oxygens (including phenoxy) is 1. The first-order chi connectivity index (χ1) is 12.9. The highest BCUT2D eigenvalue weighted by Gasteiger charge is 2.32. The second kappa shape index (κ2) is 8.30. The third-order valence-corrected chi connectivity index (χ3v) is 7.21. The van der Waals surface area contributed by atoms with Crippen molar-refractivity contribution in [3.05, 3.63) is 35.7 Å². The average Bonchev–Trinajstić information content (AvgIpc) is 3.20. The molecule has 1 amide bonds. The predicted molar refractivity (Wildman–Crippen MR) is 103 cm³/mol. The van der Waals surface area contributed by atoms with Crippen molar-refractivity contribution in [3.8, 4) is 5.75 Å². The summed E-state index contributed by atoms with van der Waals surface area (Å²) in [5.41, 5.74) is 0.955. The minimum Gasteiger partial charge on any atom is -0.497 e. The summed E-state index contributed by atoms with van der Waals surface area (Å²) in [6, 6.07) is 7.51. The number of hydrogen-bond acceptors (Lipinski definition) is 7. The summed E-state index contributed by atoms with van der Waals surface area (Å²) >= 11 is 1.28. The van der Waals surface area contributed by atoms with Gasteiger partial charge in [-0.2, -0.15) is 0 Å². The third-order valence-electron chi connectivity index (χ3n) is 4.42. The van der Waals surface area contributed by atoms with Crippen LogP contribution in [0.2, 0.25) is 0 Å². The van der Waals surface area contributed by atoms with Crippen molar-refractivity contribution in [1.82, 2.24) is 20.1 Å². The van der Waals surface area contributed by atoms with E-state index in [9.17, 15) is 13.2 Å². The number of sulfone groups is 1. The molecule has 10 heteroatoms. The molecule has 1 aromatic heterocycles. The number of benzene rings is 1. The minimum atomic E-state index is -2.98. The minimum absolute atomic E-state index is 0.115. The van der Waals surface area contributed by atoms with E-state index in [-0.39, 0.29) is 29.1 Å². The summed E-state index contributed by atoms with van der Waals surface area (Å²) in [5.74, 6) is 1.69. The van der Waals surface area contributed by atoms with Gasteiger partial charge in [-0.1, -0.05) is 23.9 Å². The van der Waals surface area contributed by atoms with E-state index in [1.165, 1.54) is 11.8 Å². The lowest BCUT2D eigenvalue weighted by Gasteiger charge is -2.08. The first kappa shape index (κ1) is 19.7. The Bertz CT molecular complexity index is 927. The van der Waals surface area contributed by atoms with Gasteiger partial charge in [0, 0.05) is 19.5 Å². The number of hydrogen-bond donors (Lipinski definition) is 1. The molecule has 1 fully saturated rings. The van der Waals surface area contributed by atoms with Crippen molar-refractivity contribution in [3.63, 3.8) is 0 Å². The molecule has 1 atom stereocenters. The second-order valence-corrected chi connectivity index (χ2v) is 9.59. The number of nitrogens with one attached hydrogen (secondary N) is 1. The van der Waals surface area contributed by atoms with Crippen LogP contribution in [0.1, 0.15) is 23.7 Å². The van der Waals surface area contributed by atoms with E-state index in [1.54, 1.807) is 18.7 Å². The molecule has 1 N–H and O–H groups in total. The zero-order chi connectivity index (χ0) is 19.4. The number of amides is 1. The van der Waals surface area contributed by atoms with Gasteiger partial charge >= 0.3 is 0 Å². The van der Waals surface area contributed by atoms with Crippen molar-refractivity contribution in [2.75, 3.05) is 24.4 Å². The molecule has 1 aromatic carbocycles. The monoisotopic (exact) mass is 410 g/mol. The van der Waals surface area contributed by atoms with Crippen LogP contribution in [-0.2, 0) is 28.2 Å². The first-order valence-electron chi connectivity index (χ1n) is 8.50. The molecule has 146 valence electrons. The summed E-state index contributed by atoms with van der Waals surface area (Å²) in [5, 5.41) is 11.7. The molecule has 8 nitrogen and oxygen atoms in total. The maximum absolute atomic E-state index is 12.1. The molecule has 0 spiro atoms. The van der Waals surface area contributed by atoms with Gasteiger partial charge in [-0.25, -0.2) is 8.42 Å². The highest BCUT2D eigenvalue weighted by molar-refractivity contribution is 7.99. The van der Waals surface area contributed by atoms with Gasteiger partial charge in [-0.3, -0.25) is 4.79 Å². The van der Waals surface area contributed by atoms with Crippen molar-refractivity contribution in [2.24, 2.45) is 7.05 Å². The Labute approximate surface area is 162 Å². The van der Waals surface area contributed by atoms with Crippen LogP contribution >= 0.6 is 11.8 Å². The number of carbonyl (C=O) groups excluding carboxylic acids is 1. The lowest BCUT2D eigenvalue weighted by molar-refractivity contribution is -0.118. The number of carbonyl (C=O) groups is 1. The van der Waals surface area contributed by atoms with Crippen LogP contribution in [0.3, 0.4) is 0 Å². The fourth-order valence-corrected chi connectivity index (χ4v) is 5.46. The Morgan fingerprint density at radius 2 is 2.22 bits per heavy atom. The molecule has 0 radical (unpaired) electrons. The standard InChI is InChI=1S/C17H22N4O4S2/c1-21-16(13-6-7-27(23,24)11-13)19-20-17(21)26-10-15(22)18-9-12-4-3-5-14(8-12)25-2/h3-5,8,13H,6-7,9-11H2,1-2H3,(H,18,22). The van der Waals surface area contributed by atoms with Gasteiger partial charge in [0.25, 0.3) is 0 Å². The number of thioether (sulfide) groups is 1. The van der Waals surface area contributed by atoms with E-state index in [2.05, 4.69) is 15.5 Å². The molecule has 1 saturated heterocycles. The highest BCUT2D eigenvalue weighted by atomic mass is 32.2. The van der Waals surface area contributed by atoms with Crippen LogP contribution in [-0.4, -0.2) is 53.5 Å². The molecule has 0 saturated carbocycles. The smallest absolute Gasteiger partial charge is 0.230 e. The molecule has 3 rings (SSSR count). The molecular formula is C17H22N4O4S2. The average molecular weight is 411 g/mol. The largest absolute Gasteiger partial charge is 0.497 e. The topological polar surface area (TPSA) is 103 Å². The first-order valence-corrected chi connectivity index (χ1v) is 11.3. The Kier molecular flexibility index (Phi) is 6.05. The number of aromatic nitrogens is 3. The molecule has 1 aliphatic heterocycles. The number of methoxy groups -OCH3 is 1. The maximum atomic E-state index is 12.1. The molecule has 2 aromatic rings. The Morgan fingerprint density at radius 1 is 1.41 bits per heavy atom. The van der Waals surface area contributed by atoms with Gasteiger partial charge in [-0.15, -0.1) is 10.2 Å². The van der Waals surface area contributed by atoms with Crippen LogP contribution in [0.5, 0.6) is 5.75 Å². The molecule has 1 aliphatic rings. The molecule has 27 heavy (non-hydrogen) atoms. The van der Waals surface area contributed by atoms with E-state index in [0.717, 1.165) is 11.3 Å². The molecule has 0 aliphatic carbocycles. The molecule has 2 heterocycles. The summed E-state index contributed by atoms with van der Waals surface area (Å²) in [4.78, 5) is 12.1. The lowest BCUT2D eigenvalue weighted by Crippen LogP contribution is -2.24. The Morgan fingerprint density at radius 3 is 2.93 bits per heavy atom. The Balaban J connectivity index is 1.52. The molecular weight excluding hydrogens is 388 g/mol. The van der Waals surface area contributed by atoms with E-state index < -0.39 is 9.84 Å². The SMILES string of the molecule is COc1cccc(CNC(=O)CSc2nnc(C3CCS(=O)(=O)C3)n2C)c1. The van der Waals surface area contributed by atoms with Gasteiger partial charge in [0.05, 0.1) is 24.4 Å². The van der Waals surface area contributed by atoms with Crippen LogP contribution in [0.15, 0.2) is 29.4 Å². The predicted octanol–water partition coefficient (Wildman–Crippen LogP) is 1.13. The maximum Gasteiger partial charge on any atom is 0.230 e. The lowest BCUT2D eigenvalue weighted by atomic mass is 10.1. The van der Waals surface area contributed by atoms with E-state index >= 15 is 0 Å². The van der Waals surface area contributed by atoms with Crippen molar-refractivity contribution in [1.29, 1.82) is 0 Å². The molecule has 1 unspecified atom stereocenters. The van der Waals surface area contributed by atoms with Crippen LogP contribution in [0.4, 0.5) is 0 Å². The van der Waals surface area contributed by atoms with Gasteiger partial charge in [-0.05, 0) is 24.1 Å². The normalized spacial score (nSPS) is 18.4.